The molecule has 1 amide bonds. The minimum Gasteiger partial charge on any atom is -0.352 e. The van der Waals surface area contributed by atoms with Gasteiger partial charge in [-0.05, 0) is 50.3 Å². The van der Waals surface area contributed by atoms with Crippen LogP contribution in [0.25, 0.3) is 5.82 Å². The van der Waals surface area contributed by atoms with Gasteiger partial charge in [0.25, 0.3) is 0 Å². The van der Waals surface area contributed by atoms with Crippen LogP contribution < -0.4 is 11.1 Å². The first-order valence-corrected chi connectivity index (χ1v) is 8.54. The largest absolute Gasteiger partial charge is 0.352 e. The molecule has 1 aliphatic rings. The third-order valence-corrected chi connectivity index (χ3v) is 4.69. The molecule has 0 saturated heterocycles. The summed E-state index contributed by atoms with van der Waals surface area (Å²) in [5.74, 6) is 1.18. The summed E-state index contributed by atoms with van der Waals surface area (Å²) in [6, 6.07) is 6.09. The van der Waals surface area contributed by atoms with Gasteiger partial charge in [-0.3, -0.25) is 4.79 Å². The molecule has 0 aliphatic heterocycles. The van der Waals surface area contributed by atoms with Gasteiger partial charge in [-0.2, -0.15) is 5.10 Å². The normalized spacial score (nSPS) is 20.3. The molecule has 0 unspecified atom stereocenters. The van der Waals surface area contributed by atoms with Crippen molar-refractivity contribution in [2.24, 2.45) is 11.7 Å². The van der Waals surface area contributed by atoms with Crippen molar-refractivity contribution in [2.75, 3.05) is 0 Å². The van der Waals surface area contributed by atoms with Crippen molar-refractivity contribution in [2.45, 2.75) is 52.1 Å². The summed E-state index contributed by atoms with van der Waals surface area (Å²) >= 11 is 0. The SMILES string of the molecule is Cc1cc(C)n(-c2ccc(CNC(=O)C[C@@H]3CCC[C@H]3N)cn2)n1. The maximum Gasteiger partial charge on any atom is 0.220 e. The minimum atomic E-state index is 0.0694. The predicted octanol–water partition coefficient (Wildman–Crippen LogP) is 2.02. The zero-order chi connectivity index (χ0) is 17.1. The predicted molar refractivity (Wildman–Crippen MR) is 92.6 cm³/mol. The standard InChI is InChI=1S/C18H25N5O/c1-12-8-13(2)23(22-12)17-7-6-14(10-20-17)11-21-18(24)9-15-4-3-5-16(15)19/h6-8,10,15-16H,3-5,9,11,19H2,1-2H3,(H,21,24)/t15-,16+/m0/s1. The lowest BCUT2D eigenvalue weighted by Gasteiger charge is -2.14. The van der Waals surface area contributed by atoms with Crippen molar-refractivity contribution in [1.29, 1.82) is 0 Å². The Balaban J connectivity index is 1.54. The number of hydrogen-bond acceptors (Lipinski definition) is 4. The van der Waals surface area contributed by atoms with E-state index in [4.69, 9.17) is 5.73 Å². The average Bonchev–Trinajstić information content (AvgIpc) is 3.11. The van der Waals surface area contributed by atoms with Gasteiger partial charge in [0.15, 0.2) is 5.82 Å². The number of carbonyl (C=O) groups excluding carboxylic acids is 1. The lowest BCUT2D eigenvalue weighted by atomic mass is 10.00. The Morgan fingerprint density at radius 3 is 2.79 bits per heavy atom. The van der Waals surface area contributed by atoms with E-state index in [1.165, 1.54) is 0 Å². The van der Waals surface area contributed by atoms with Gasteiger partial charge < -0.3 is 11.1 Å². The van der Waals surface area contributed by atoms with E-state index < -0.39 is 0 Å². The van der Waals surface area contributed by atoms with Crippen LogP contribution >= 0.6 is 0 Å². The molecule has 24 heavy (non-hydrogen) atoms. The van der Waals surface area contributed by atoms with E-state index in [0.29, 0.717) is 18.9 Å². The van der Waals surface area contributed by atoms with Crippen molar-refractivity contribution < 1.29 is 4.79 Å². The molecule has 128 valence electrons. The number of aromatic nitrogens is 3. The number of rotatable bonds is 5. The zero-order valence-electron chi connectivity index (χ0n) is 14.3. The fourth-order valence-electron chi connectivity index (χ4n) is 3.34. The fraction of sp³-hybridized carbons (Fsp3) is 0.500. The molecule has 6 heteroatoms. The van der Waals surface area contributed by atoms with Crippen LogP contribution in [0.15, 0.2) is 24.4 Å². The van der Waals surface area contributed by atoms with Gasteiger partial charge in [0.2, 0.25) is 5.91 Å². The second-order valence-corrected chi connectivity index (χ2v) is 6.70. The molecule has 6 nitrogen and oxygen atoms in total. The summed E-state index contributed by atoms with van der Waals surface area (Å²) in [7, 11) is 0. The number of amides is 1. The number of hydrogen-bond donors (Lipinski definition) is 2. The molecule has 3 N–H and O–H groups in total. The van der Waals surface area contributed by atoms with E-state index in [9.17, 15) is 4.79 Å². The van der Waals surface area contributed by atoms with Crippen molar-refractivity contribution in [3.63, 3.8) is 0 Å². The maximum absolute atomic E-state index is 12.1. The van der Waals surface area contributed by atoms with E-state index in [1.54, 1.807) is 6.20 Å². The number of nitrogens with zero attached hydrogens (tertiary/aromatic N) is 3. The van der Waals surface area contributed by atoms with Crippen LogP contribution in [0, 0.1) is 19.8 Å². The van der Waals surface area contributed by atoms with Crippen LogP contribution in [0.2, 0.25) is 0 Å². The Kier molecular flexibility index (Phi) is 4.94. The Morgan fingerprint density at radius 2 is 2.21 bits per heavy atom. The Hall–Kier alpha value is -2.21. The molecule has 2 atom stereocenters. The highest BCUT2D eigenvalue weighted by Gasteiger charge is 2.25. The minimum absolute atomic E-state index is 0.0694. The Morgan fingerprint density at radius 1 is 1.38 bits per heavy atom. The number of nitrogens with two attached hydrogens (primary N) is 1. The summed E-state index contributed by atoms with van der Waals surface area (Å²) in [6.45, 7) is 4.46. The van der Waals surface area contributed by atoms with Gasteiger partial charge in [-0.25, -0.2) is 9.67 Å². The average molecular weight is 327 g/mol. The van der Waals surface area contributed by atoms with Crippen LogP contribution in [0.3, 0.4) is 0 Å². The number of pyridine rings is 1. The quantitative estimate of drug-likeness (QED) is 0.880. The summed E-state index contributed by atoms with van der Waals surface area (Å²) in [6.07, 6.45) is 5.55. The van der Waals surface area contributed by atoms with Crippen molar-refractivity contribution >= 4 is 5.91 Å². The first-order chi connectivity index (χ1) is 11.5. The second kappa shape index (κ2) is 7.13. The molecule has 2 heterocycles. The molecule has 1 fully saturated rings. The van der Waals surface area contributed by atoms with E-state index >= 15 is 0 Å². The molecular weight excluding hydrogens is 302 g/mol. The zero-order valence-corrected chi connectivity index (χ0v) is 14.3. The summed E-state index contributed by atoms with van der Waals surface area (Å²) in [5.41, 5.74) is 9.02. The summed E-state index contributed by atoms with van der Waals surface area (Å²) < 4.78 is 1.82. The van der Waals surface area contributed by atoms with E-state index in [2.05, 4.69) is 15.4 Å². The fourth-order valence-corrected chi connectivity index (χ4v) is 3.34. The molecule has 3 rings (SSSR count). The van der Waals surface area contributed by atoms with E-state index in [1.807, 2.05) is 36.7 Å². The lowest BCUT2D eigenvalue weighted by Crippen LogP contribution is -2.31. The maximum atomic E-state index is 12.1. The van der Waals surface area contributed by atoms with E-state index in [0.717, 1.165) is 42.0 Å². The summed E-state index contributed by atoms with van der Waals surface area (Å²) in [4.78, 5) is 16.5. The van der Waals surface area contributed by atoms with Gasteiger partial charge in [-0.1, -0.05) is 12.5 Å². The first kappa shape index (κ1) is 16.6. The van der Waals surface area contributed by atoms with Crippen LogP contribution in [0.5, 0.6) is 0 Å². The van der Waals surface area contributed by atoms with Gasteiger partial charge >= 0.3 is 0 Å². The molecule has 0 spiro atoms. The third-order valence-electron chi connectivity index (χ3n) is 4.69. The molecular formula is C18H25N5O. The molecule has 0 aromatic carbocycles. The number of nitrogens with one attached hydrogen (secondary N) is 1. The van der Waals surface area contributed by atoms with Crippen LogP contribution in [-0.4, -0.2) is 26.7 Å². The lowest BCUT2D eigenvalue weighted by molar-refractivity contribution is -0.122. The van der Waals surface area contributed by atoms with Gasteiger partial charge in [0.05, 0.1) is 5.69 Å². The third kappa shape index (κ3) is 3.82. The molecule has 1 saturated carbocycles. The van der Waals surface area contributed by atoms with Crippen molar-refractivity contribution in [3.05, 3.63) is 41.3 Å². The monoisotopic (exact) mass is 327 g/mol. The highest BCUT2D eigenvalue weighted by atomic mass is 16.1. The summed E-state index contributed by atoms with van der Waals surface area (Å²) in [5, 5.41) is 7.39. The molecule has 0 radical (unpaired) electrons. The van der Waals surface area contributed by atoms with Crippen LogP contribution in [0.1, 0.15) is 42.6 Å². The molecule has 2 aromatic heterocycles. The van der Waals surface area contributed by atoms with Gasteiger partial charge in [-0.15, -0.1) is 0 Å². The van der Waals surface area contributed by atoms with Gasteiger partial charge in [0, 0.05) is 30.9 Å². The van der Waals surface area contributed by atoms with Crippen LogP contribution in [-0.2, 0) is 11.3 Å². The number of aryl methyl sites for hydroxylation is 2. The smallest absolute Gasteiger partial charge is 0.220 e. The Bertz CT molecular complexity index is 707. The van der Waals surface area contributed by atoms with Crippen molar-refractivity contribution in [3.8, 4) is 5.82 Å². The first-order valence-electron chi connectivity index (χ1n) is 8.54. The van der Waals surface area contributed by atoms with Crippen molar-refractivity contribution in [1.82, 2.24) is 20.1 Å². The number of carbonyl (C=O) groups is 1. The Labute approximate surface area is 142 Å². The van der Waals surface area contributed by atoms with Gasteiger partial charge in [0.1, 0.15) is 0 Å². The van der Waals surface area contributed by atoms with E-state index in [-0.39, 0.29) is 11.9 Å². The molecule has 2 aromatic rings. The topological polar surface area (TPSA) is 85.8 Å². The molecule has 1 aliphatic carbocycles. The highest BCUT2D eigenvalue weighted by molar-refractivity contribution is 5.76. The molecule has 0 bridgehead atoms. The second-order valence-electron chi connectivity index (χ2n) is 6.70. The highest BCUT2D eigenvalue weighted by Crippen LogP contribution is 2.26. The van der Waals surface area contributed by atoms with Crippen LogP contribution in [0.4, 0.5) is 0 Å².